The Kier molecular flexibility index (Phi) is 4.82. The molecule has 138 valence electrons. The fraction of sp³-hybridized carbons (Fsp3) is 0.474. The molecule has 0 bridgehead atoms. The van der Waals surface area contributed by atoms with Crippen LogP contribution >= 0.6 is 11.3 Å². The third kappa shape index (κ3) is 3.05. The Morgan fingerprint density at radius 3 is 2.81 bits per heavy atom. The molecule has 2 aromatic heterocycles. The van der Waals surface area contributed by atoms with Gasteiger partial charge in [0.1, 0.15) is 10.6 Å². The molecule has 1 aliphatic rings. The summed E-state index contributed by atoms with van der Waals surface area (Å²) in [6, 6.07) is 8.26. The maximum absolute atomic E-state index is 10.9. The van der Waals surface area contributed by atoms with E-state index in [1.54, 1.807) is 23.0 Å². The van der Waals surface area contributed by atoms with Crippen LogP contribution in [0, 0.1) is 0 Å². The molecule has 1 atom stereocenters. The van der Waals surface area contributed by atoms with Crippen LogP contribution in [-0.4, -0.2) is 39.9 Å². The van der Waals surface area contributed by atoms with Crippen molar-refractivity contribution in [2.75, 3.05) is 20.2 Å². The van der Waals surface area contributed by atoms with Crippen LogP contribution in [0.5, 0.6) is 11.6 Å². The highest BCUT2D eigenvalue weighted by Gasteiger charge is 2.33. The summed E-state index contributed by atoms with van der Waals surface area (Å²) in [6.45, 7) is 4.23. The topological polar surface area (TPSA) is 64.1 Å². The second-order valence-electron chi connectivity index (χ2n) is 6.79. The molecule has 4 rings (SSSR count). The van der Waals surface area contributed by atoms with E-state index in [0.717, 1.165) is 46.5 Å². The second-order valence-corrected chi connectivity index (χ2v) is 7.80. The third-order valence-electron chi connectivity index (χ3n) is 5.15. The van der Waals surface area contributed by atoms with Gasteiger partial charge in [0.05, 0.1) is 20.2 Å². The lowest BCUT2D eigenvalue weighted by atomic mass is 10.00. The molecule has 3 aromatic rings. The van der Waals surface area contributed by atoms with Gasteiger partial charge in [-0.25, -0.2) is 4.98 Å². The number of benzene rings is 1. The van der Waals surface area contributed by atoms with Gasteiger partial charge in [-0.1, -0.05) is 30.4 Å². The highest BCUT2D eigenvalue weighted by Crippen LogP contribution is 2.36. The lowest BCUT2D eigenvalue weighted by Crippen LogP contribution is -3.13. The van der Waals surface area contributed by atoms with Crippen LogP contribution in [0.1, 0.15) is 48.5 Å². The van der Waals surface area contributed by atoms with E-state index in [4.69, 9.17) is 4.74 Å². The lowest BCUT2D eigenvalue weighted by molar-refractivity contribution is -0.929. The molecule has 7 heteroatoms. The lowest BCUT2D eigenvalue weighted by Gasteiger charge is -2.31. The number of likely N-dealkylation sites (tertiary alicyclic amines) is 1. The summed E-state index contributed by atoms with van der Waals surface area (Å²) in [4.78, 5) is 7.73. The van der Waals surface area contributed by atoms with E-state index in [1.165, 1.54) is 24.2 Å². The fourth-order valence-electron chi connectivity index (χ4n) is 3.82. The van der Waals surface area contributed by atoms with Crippen molar-refractivity contribution in [2.24, 2.45) is 0 Å². The number of thiazole rings is 1. The van der Waals surface area contributed by atoms with Crippen LogP contribution in [0.2, 0.25) is 0 Å². The number of nitrogens with zero attached hydrogens (tertiary/aromatic N) is 3. The van der Waals surface area contributed by atoms with Crippen molar-refractivity contribution >= 4 is 16.3 Å². The molecule has 2 N–H and O–H groups in total. The van der Waals surface area contributed by atoms with Crippen molar-refractivity contribution in [3.8, 4) is 11.6 Å². The minimum atomic E-state index is 0.0731. The number of hydrogen-bond donors (Lipinski definition) is 2. The Bertz CT molecular complexity index is 898. The van der Waals surface area contributed by atoms with Gasteiger partial charge in [0, 0.05) is 12.0 Å². The zero-order valence-electron chi connectivity index (χ0n) is 15.2. The molecule has 0 spiro atoms. The number of quaternary nitrogens is 1. The smallest absolute Gasteiger partial charge is 0.235 e. The summed E-state index contributed by atoms with van der Waals surface area (Å²) >= 11 is 1.55. The summed E-state index contributed by atoms with van der Waals surface area (Å²) in [6.07, 6.45) is 4.49. The average Bonchev–Trinajstić information content (AvgIpc) is 3.23. The summed E-state index contributed by atoms with van der Waals surface area (Å²) in [5.74, 6) is 1.83. The van der Waals surface area contributed by atoms with Crippen LogP contribution in [0.3, 0.4) is 0 Å². The van der Waals surface area contributed by atoms with Crippen molar-refractivity contribution in [1.29, 1.82) is 0 Å². The summed E-state index contributed by atoms with van der Waals surface area (Å²) in [5.41, 5.74) is 1.16. The minimum absolute atomic E-state index is 0.0731. The second kappa shape index (κ2) is 7.25. The van der Waals surface area contributed by atoms with Crippen molar-refractivity contribution in [3.05, 3.63) is 40.5 Å². The normalized spacial score (nSPS) is 16.8. The number of aromatic nitrogens is 3. The van der Waals surface area contributed by atoms with Crippen molar-refractivity contribution in [2.45, 2.75) is 38.6 Å². The Labute approximate surface area is 157 Å². The number of nitrogens with one attached hydrogen (secondary N) is 1. The zero-order chi connectivity index (χ0) is 18.1. The van der Waals surface area contributed by atoms with E-state index in [2.05, 4.69) is 22.2 Å². The van der Waals surface area contributed by atoms with Crippen LogP contribution in [-0.2, 0) is 6.42 Å². The molecular formula is C19H25N4O2S+. The molecule has 1 fully saturated rings. The van der Waals surface area contributed by atoms with E-state index in [9.17, 15) is 5.11 Å². The molecule has 0 amide bonds. The molecule has 0 radical (unpaired) electrons. The van der Waals surface area contributed by atoms with Gasteiger partial charge in [0.15, 0.2) is 11.9 Å². The molecule has 1 aliphatic heterocycles. The summed E-state index contributed by atoms with van der Waals surface area (Å²) in [7, 11) is 1.69. The number of rotatable bonds is 5. The molecule has 1 aromatic carbocycles. The molecule has 6 nitrogen and oxygen atoms in total. The first-order valence-electron chi connectivity index (χ1n) is 9.27. The van der Waals surface area contributed by atoms with Gasteiger partial charge < -0.3 is 14.7 Å². The largest absolute Gasteiger partial charge is 0.497 e. The number of piperidine rings is 1. The first-order valence-corrected chi connectivity index (χ1v) is 10.1. The quantitative estimate of drug-likeness (QED) is 0.720. The van der Waals surface area contributed by atoms with Crippen LogP contribution in [0.25, 0.3) is 4.96 Å². The molecular weight excluding hydrogens is 348 g/mol. The highest BCUT2D eigenvalue weighted by molar-refractivity contribution is 7.17. The fourth-order valence-corrected chi connectivity index (χ4v) is 4.98. The monoisotopic (exact) mass is 373 g/mol. The maximum Gasteiger partial charge on any atom is 0.235 e. The van der Waals surface area contributed by atoms with Gasteiger partial charge in [-0.2, -0.15) is 4.52 Å². The van der Waals surface area contributed by atoms with Gasteiger partial charge in [0.25, 0.3) is 0 Å². The molecule has 0 unspecified atom stereocenters. The number of aromatic hydroxyl groups is 1. The van der Waals surface area contributed by atoms with Gasteiger partial charge in [-0.05, 0) is 31.4 Å². The van der Waals surface area contributed by atoms with Crippen LogP contribution in [0.15, 0.2) is 24.3 Å². The number of hydrogen-bond acceptors (Lipinski definition) is 5. The van der Waals surface area contributed by atoms with Crippen molar-refractivity contribution in [1.82, 2.24) is 14.6 Å². The molecule has 26 heavy (non-hydrogen) atoms. The average molecular weight is 374 g/mol. The van der Waals surface area contributed by atoms with E-state index in [1.807, 2.05) is 19.1 Å². The van der Waals surface area contributed by atoms with Crippen molar-refractivity contribution < 1.29 is 14.7 Å². The standard InChI is InChI=1S/C19H24N4O2S/c1-3-15-20-19-23(21-15)18(24)17(26-19)16(22-10-5-4-6-11-22)13-8-7-9-14(12-13)25-2/h7-9,12,16,24H,3-6,10-11H2,1-2H3/p+1/t16-/m1/s1. The van der Waals surface area contributed by atoms with Gasteiger partial charge in [-0.3, -0.25) is 0 Å². The Morgan fingerprint density at radius 2 is 2.12 bits per heavy atom. The predicted octanol–water partition coefficient (Wildman–Crippen LogP) is 2.23. The summed E-state index contributed by atoms with van der Waals surface area (Å²) < 4.78 is 7.03. The third-order valence-corrected chi connectivity index (χ3v) is 6.24. The van der Waals surface area contributed by atoms with E-state index in [-0.39, 0.29) is 11.9 Å². The number of fused-ring (bicyclic) bond motifs is 1. The first kappa shape index (κ1) is 17.3. The van der Waals surface area contributed by atoms with Crippen molar-refractivity contribution in [3.63, 3.8) is 0 Å². The van der Waals surface area contributed by atoms with Crippen LogP contribution in [0.4, 0.5) is 0 Å². The van der Waals surface area contributed by atoms with E-state index < -0.39 is 0 Å². The molecule has 3 heterocycles. The SMILES string of the molecule is CCc1nc2sc([C@@H](c3cccc(OC)c3)[NH+]3CCCCC3)c(O)n2n1. The Morgan fingerprint density at radius 1 is 1.31 bits per heavy atom. The molecule has 0 aliphatic carbocycles. The molecule has 1 saturated heterocycles. The highest BCUT2D eigenvalue weighted by atomic mass is 32.1. The molecule has 0 saturated carbocycles. The summed E-state index contributed by atoms with van der Waals surface area (Å²) in [5, 5.41) is 15.4. The van der Waals surface area contributed by atoms with E-state index in [0.29, 0.717) is 0 Å². The van der Waals surface area contributed by atoms with E-state index >= 15 is 0 Å². The Balaban J connectivity index is 1.81. The number of methoxy groups -OCH3 is 1. The maximum atomic E-state index is 10.9. The minimum Gasteiger partial charge on any atom is -0.497 e. The van der Waals surface area contributed by atoms with Gasteiger partial charge in [0.2, 0.25) is 10.8 Å². The predicted molar refractivity (Wildman–Crippen MR) is 101 cm³/mol. The zero-order valence-corrected chi connectivity index (χ0v) is 16.1. The number of ether oxygens (including phenoxy) is 1. The number of aryl methyl sites for hydroxylation is 1. The van der Waals surface area contributed by atoms with Gasteiger partial charge >= 0.3 is 0 Å². The Hall–Kier alpha value is -2.12. The first-order chi connectivity index (χ1) is 12.7. The van der Waals surface area contributed by atoms with Crippen LogP contribution < -0.4 is 9.64 Å². The van der Waals surface area contributed by atoms with Gasteiger partial charge in [-0.15, -0.1) is 5.10 Å².